The van der Waals surface area contributed by atoms with Gasteiger partial charge in [0, 0.05) is 6.54 Å². The average Bonchev–Trinajstić information content (AvgIpc) is 3.04. The van der Waals surface area contributed by atoms with Crippen molar-refractivity contribution in [1.82, 2.24) is 25.1 Å². The lowest BCUT2D eigenvalue weighted by atomic mass is 9.98. The number of benzene rings is 1. The molecule has 0 saturated carbocycles. The highest BCUT2D eigenvalue weighted by molar-refractivity contribution is 5.72. The first-order chi connectivity index (χ1) is 11.3. The molecule has 0 radical (unpaired) electrons. The van der Waals surface area contributed by atoms with Crippen LogP contribution in [0.25, 0.3) is 5.69 Å². The van der Waals surface area contributed by atoms with E-state index in [1.54, 1.807) is 4.68 Å². The zero-order valence-electron chi connectivity index (χ0n) is 13.3. The molecule has 0 amide bonds. The van der Waals surface area contributed by atoms with Gasteiger partial charge in [-0.1, -0.05) is 18.2 Å². The minimum absolute atomic E-state index is 0.0512. The van der Waals surface area contributed by atoms with Crippen LogP contribution in [-0.2, 0) is 16.1 Å². The molecular weight excluding hydrogens is 294 g/mol. The summed E-state index contributed by atoms with van der Waals surface area (Å²) in [5, 5.41) is 12.0. The van der Waals surface area contributed by atoms with Gasteiger partial charge in [0.15, 0.2) is 5.82 Å². The highest BCUT2D eigenvalue weighted by Crippen LogP contribution is 2.20. The van der Waals surface area contributed by atoms with Gasteiger partial charge < -0.3 is 4.74 Å². The average molecular weight is 315 g/mol. The van der Waals surface area contributed by atoms with Crippen LogP contribution in [0.2, 0.25) is 0 Å². The normalized spacial score (nSPS) is 18.7. The van der Waals surface area contributed by atoms with Crippen molar-refractivity contribution in [3.63, 3.8) is 0 Å². The van der Waals surface area contributed by atoms with E-state index in [1.165, 1.54) is 0 Å². The van der Waals surface area contributed by atoms with Gasteiger partial charge in [0.25, 0.3) is 0 Å². The molecule has 7 nitrogen and oxygen atoms in total. The van der Waals surface area contributed by atoms with Crippen molar-refractivity contribution in [3.05, 3.63) is 36.2 Å². The number of piperidine rings is 1. The topological polar surface area (TPSA) is 73.1 Å². The molecule has 0 spiro atoms. The Hall–Kier alpha value is -2.28. The Morgan fingerprint density at radius 2 is 2.17 bits per heavy atom. The van der Waals surface area contributed by atoms with E-state index >= 15 is 0 Å². The lowest BCUT2D eigenvalue weighted by molar-refractivity contribution is -0.150. The van der Waals surface area contributed by atoms with Crippen molar-refractivity contribution in [1.29, 1.82) is 0 Å². The van der Waals surface area contributed by atoms with E-state index in [2.05, 4.69) is 20.4 Å². The van der Waals surface area contributed by atoms with Gasteiger partial charge in [-0.15, -0.1) is 5.10 Å². The van der Waals surface area contributed by atoms with Crippen LogP contribution >= 0.6 is 0 Å². The zero-order chi connectivity index (χ0) is 16.1. The number of ether oxygens (including phenoxy) is 1. The zero-order valence-corrected chi connectivity index (χ0v) is 13.3. The summed E-state index contributed by atoms with van der Waals surface area (Å²) in [5.41, 5.74) is 0.937. The largest absolute Gasteiger partial charge is 0.466 e. The molecule has 122 valence electrons. The van der Waals surface area contributed by atoms with Crippen LogP contribution in [0, 0.1) is 5.92 Å². The summed E-state index contributed by atoms with van der Waals surface area (Å²) in [6.45, 7) is 4.53. The Bertz CT molecular complexity index is 643. The number of esters is 1. The van der Waals surface area contributed by atoms with E-state index in [4.69, 9.17) is 4.74 Å². The minimum Gasteiger partial charge on any atom is -0.466 e. The summed E-state index contributed by atoms with van der Waals surface area (Å²) in [6.07, 6.45) is 1.87. The molecule has 1 aliphatic heterocycles. The van der Waals surface area contributed by atoms with Gasteiger partial charge in [-0.25, -0.2) is 0 Å². The number of likely N-dealkylation sites (tertiary alicyclic amines) is 1. The Morgan fingerprint density at radius 3 is 2.96 bits per heavy atom. The molecule has 7 heteroatoms. The van der Waals surface area contributed by atoms with E-state index in [0.29, 0.717) is 19.7 Å². The van der Waals surface area contributed by atoms with E-state index in [0.717, 1.165) is 30.9 Å². The molecule has 1 aliphatic rings. The van der Waals surface area contributed by atoms with E-state index < -0.39 is 0 Å². The van der Waals surface area contributed by atoms with Crippen molar-refractivity contribution in [2.75, 3.05) is 19.7 Å². The van der Waals surface area contributed by atoms with E-state index in [-0.39, 0.29) is 11.9 Å². The van der Waals surface area contributed by atoms with Crippen LogP contribution in [0.5, 0.6) is 0 Å². The Balaban J connectivity index is 1.68. The van der Waals surface area contributed by atoms with Crippen molar-refractivity contribution in [2.45, 2.75) is 26.3 Å². The van der Waals surface area contributed by atoms with Crippen LogP contribution in [-0.4, -0.2) is 50.8 Å². The first kappa shape index (κ1) is 15.6. The summed E-state index contributed by atoms with van der Waals surface area (Å²) >= 11 is 0. The summed E-state index contributed by atoms with van der Waals surface area (Å²) in [4.78, 5) is 14.2. The lowest BCUT2D eigenvalue weighted by Gasteiger charge is -2.30. The fraction of sp³-hybridized carbons (Fsp3) is 0.500. The monoisotopic (exact) mass is 315 g/mol. The first-order valence-corrected chi connectivity index (χ1v) is 7.99. The molecule has 1 aromatic heterocycles. The first-order valence-electron chi connectivity index (χ1n) is 7.99. The van der Waals surface area contributed by atoms with Gasteiger partial charge in [-0.05, 0) is 48.9 Å². The Kier molecular flexibility index (Phi) is 4.97. The highest BCUT2D eigenvalue weighted by atomic mass is 16.5. The van der Waals surface area contributed by atoms with Crippen molar-refractivity contribution in [2.24, 2.45) is 5.92 Å². The van der Waals surface area contributed by atoms with Crippen LogP contribution in [0.15, 0.2) is 30.3 Å². The predicted molar refractivity (Wildman–Crippen MR) is 83.8 cm³/mol. The van der Waals surface area contributed by atoms with Gasteiger partial charge in [-0.3, -0.25) is 9.69 Å². The minimum atomic E-state index is -0.0974. The number of para-hydroxylation sites is 1. The molecule has 23 heavy (non-hydrogen) atoms. The Labute approximate surface area is 135 Å². The van der Waals surface area contributed by atoms with Crippen LogP contribution in [0.4, 0.5) is 0 Å². The number of aromatic nitrogens is 4. The number of rotatable bonds is 5. The van der Waals surface area contributed by atoms with Crippen molar-refractivity contribution < 1.29 is 9.53 Å². The van der Waals surface area contributed by atoms with Gasteiger partial charge in [0.05, 0.1) is 24.8 Å². The third kappa shape index (κ3) is 3.73. The van der Waals surface area contributed by atoms with Gasteiger partial charge in [0.1, 0.15) is 0 Å². The number of hydrogen-bond acceptors (Lipinski definition) is 6. The van der Waals surface area contributed by atoms with Crippen molar-refractivity contribution in [3.8, 4) is 5.69 Å². The summed E-state index contributed by atoms with van der Waals surface area (Å²) < 4.78 is 6.89. The Morgan fingerprint density at radius 1 is 1.35 bits per heavy atom. The molecule has 1 atom stereocenters. The third-order valence-electron chi connectivity index (χ3n) is 4.03. The standard InChI is InChI=1S/C16H21N5O2/c1-2-23-16(22)13-7-6-10-20(11-13)12-15-17-18-19-21(15)14-8-4-3-5-9-14/h3-5,8-9,13H,2,6-7,10-12H2,1H3/t13-/m0/s1. The van der Waals surface area contributed by atoms with Gasteiger partial charge in [0.2, 0.25) is 0 Å². The molecule has 3 rings (SSSR count). The number of carbonyl (C=O) groups excluding carboxylic acids is 1. The van der Waals surface area contributed by atoms with Gasteiger partial charge in [-0.2, -0.15) is 4.68 Å². The number of nitrogens with zero attached hydrogens (tertiary/aromatic N) is 5. The molecule has 1 fully saturated rings. The molecule has 0 aliphatic carbocycles. The highest BCUT2D eigenvalue weighted by Gasteiger charge is 2.27. The maximum atomic E-state index is 11.9. The predicted octanol–water partition coefficient (Wildman–Crippen LogP) is 1.44. The fourth-order valence-corrected chi connectivity index (χ4v) is 2.93. The van der Waals surface area contributed by atoms with E-state index in [9.17, 15) is 4.79 Å². The molecule has 0 bridgehead atoms. The molecule has 1 saturated heterocycles. The fourth-order valence-electron chi connectivity index (χ4n) is 2.93. The summed E-state index contributed by atoms with van der Waals surface area (Å²) in [7, 11) is 0. The van der Waals surface area contributed by atoms with Crippen molar-refractivity contribution >= 4 is 5.97 Å². The SMILES string of the molecule is CCOC(=O)[C@H]1CCCN(Cc2nnnn2-c2ccccc2)C1. The molecule has 0 unspecified atom stereocenters. The second-order valence-corrected chi connectivity index (χ2v) is 5.67. The van der Waals surface area contributed by atoms with Crippen LogP contribution in [0.3, 0.4) is 0 Å². The molecular formula is C16H21N5O2. The molecule has 0 N–H and O–H groups in total. The van der Waals surface area contributed by atoms with Crippen LogP contribution < -0.4 is 0 Å². The third-order valence-corrected chi connectivity index (χ3v) is 4.03. The quantitative estimate of drug-likeness (QED) is 0.777. The maximum absolute atomic E-state index is 11.9. The number of hydrogen-bond donors (Lipinski definition) is 0. The lowest BCUT2D eigenvalue weighted by Crippen LogP contribution is -2.39. The number of carbonyl (C=O) groups is 1. The summed E-state index contributed by atoms with van der Waals surface area (Å²) in [5.74, 6) is 0.630. The molecule has 2 aromatic rings. The second-order valence-electron chi connectivity index (χ2n) is 5.67. The van der Waals surface area contributed by atoms with Crippen LogP contribution in [0.1, 0.15) is 25.6 Å². The van der Waals surface area contributed by atoms with E-state index in [1.807, 2.05) is 37.3 Å². The van der Waals surface area contributed by atoms with Gasteiger partial charge >= 0.3 is 5.97 Å². The molecule has 1 aromatic carbocycles. The second kappa shape index (κ2) is 7.32. The summed E-state index contributed by atoms with van der Waals surface area (Å²) in [6, 6.07) is 9.81. The maximum Gasteiger partial charge on any atom is 0.310 e. The molecule has 2 heterocycles. The smallest absolute Gasteiger partial charge is 0.310 e. The number of tetrazole rings is 1.